The Balaban J connectivity index is 4.07. The summed E-state index contributed by atoms with van der Waals surface area (Å²) in [5, 5.41) is 0. The Bertz CT molecular complexity index is 230. The molecule has 1 atom stereocenters. The van der Waals surface area contributed by atoms with Gasteiger partial charge in [0.15, 0.2) is 0 Å². The highest BCUT2D eigenvalue weighted by Crippen LogP contribution is 2.06. The molecule has 0 saturated carbocycles. The number of halogens is 1. The molecule has 0 aliphatic rings. The Morgan fingerprint density at radius 3 is 2.46 bits per heavy atom. The lowest BCUT2D eigenvalue weighted by atomic mass is 10.4. The fourth-order valence-electron chi connectivity index (χ4n) is 0.846. The lowest BCUT2D eigenvalue weighted by Crippen LogP contribution is -2.34. The molecule has 4 nitrogen and oxygen atoms in total. The predicted octanol–water partition coefficient (Wildman–Crippen LogP) is 0.678. The maximum Gasteiger partial charge on any atom is 0.213 e. The first kappa shape index (κ1) is 13.4. The maximum atomic E-state index is 11.3. The van der Waals surface area contributed by atoms with Crippen LogP contribution in [0.4, 0.5) is 0 Å². The quantitative estimate of drug-likeness (QED) is 0.669. The van der Waals surface area contributed by atoms with E-state index in [0.717, 1.165) is 0 Å². The van der Waals surface area contributed by atoms with Gasteiger partial charge in [0.1, 0.15) is 0 Å². The van der Waals surface area contributed by atoms with E-state index in [1.807, 2.05) is 0 Å². The molecule has 6 heteroatoms. The molecule has 80 valence electrons. The van der Waals surface area contributed by atoms with Gasteiger partial charge >= 0.3 is 0 Å². The van der Waals surface area contributed by atoms with Crippen LogP contribution in [0, 0.1) is 0 Å². The van der Waals surface area contributed by atoms with Gasteiger partial charge in [0.25, 0.3) is 0 Å². The summed E-state index contributed by atoms with van der Waals surface area (Å²) in [7, 11) is 0.0943. The van der Waals surface area contributed by atoms with Crippen LogP contribution in [0.1, 0.15) is 6.92 Å². The fourth-order valence-corrected chi connectivity index (χ4v) is 2.58. The molecule has 0 aliphatic heterocycles. The molecule has 13 heavy (non-hydrogen) atoms. The summed E-state index contributed by atoms with van der Waals surface area (Å²) in [4.78, 5) is 0.0452. The molecule has 0 heterocycles. The number of rotatable bonds is 6. The van der Waals surface area contributed by atoms with Crippen LogP contribution in [0.5, 0.6) is 0 Å². The molecule has 0 aromatic rings. The van der Waals surface area contributed by atoms with Gasteiger partial charge < -0.3 is 4.74 Å². The third-order valence-electron chi connectivity index (χ3n) is 1.64. The molecule has 0 aliphatic carbocycles. The van der Waals surface area contributed by atoms with E-state index in [4.69, 9.17) is 4.74 Å². The van der Waals surface area contributed by atoms with Crippen LogP contribution < -0.4 is 0 Å². The minimum absolute atomic E-state index is 0.0452. The van der Waals surface area contributed by atoms with Gasteiger partial charge in [-0.2, -0.15) is 0 Å². The van der Waals surface area contributed by atoms with Crippen LogP contribution in [0.25, 0.3) is 0 Å². The maximum absolute atomic E-state index is 11.3. The van der Waals surface area contributed by atoms with E-state index >= 15 is 0 Å². The second-order valence-electron chi connectivity index (χ2n) is 2.73. The summed E-state index contributed by atoms with van der Waals surface area (Å²) in [6, 6.07) is 0. The third-order valence-corrected chi connectivity index (χ3v) is 4.02. The van der Waals surface area contributed by atoms with E-state index in [1.54, 1.807) is 21.1 Å². The van der Waals surface area contributed by atoms with Gasteiger partial charge in [-0.15, -0.1) is 0 Å². The molecule has 0 amide bonds. The number of hydrogen-bond donors (Lipinski definition) is 0. The van der Waals surface area contributed by atoms with Crippen molar-refractivity contribution in [3.8, 4) is 0 Å². The van der Waals surface area contributed by atoms with E-state index in [2.05, 4.69) is 15.9 Å². The van der Waals surface area contributed by atoms with E-state index in [1.165, 1.54) is 4.31 Å². The van der Waals surface area contributed by atoms with Crippen LogP contribution in [0.3, 0.4) is 0 Å². The standard InChI is InChI=1S/C7H16BrNO3S/c1-4-13(10,11)9(2)5-7(8)6-12-3/h7H,4-6H2,1-3H3. The molecule has 0 fully saturated rings. The van der Waals surface area contributed by atoms with Crippen molar-refractivity contribution in [1.82, 2.24) is 4.31 Å². The average molecular weight is 274 g/mol. The van der Waals surface area contributed by atoms with Crippen molar-refractivity contribution in [2.24, 2.45) is 0 Å². The van der Waals surface area contributed by atoms with Gasteiger partial charge in [0.05, 0.1) is 17.2 Å². The molecule has 0 spiro atoms. The largest absolute Gasteiger partial charge is 0.383 e. The molecule has 0 saturated heterocycles. The zero-order valence-electron chi connectivity index (χ0n) is 8.16. The Hall–Kier alpha value is 0.350. The van der Waals surface area contributed by atoms with Gasteiger partial charge in [-0.3, -0.25) is 0 Å². The van der Waals surface area contributed by atoms with E-state index < -0.39 is 10.0 Å². The van der Waals surface area contributed by atoms with Crippen LogP contribution in [-0.4, -0.2) is 50.6 Å². The lowest BCUT2D eigenvalue weighted by molar-refractivity contribution is 0.195. The molecule has 0 aromatic carbocycles. The summed E-state index contributed by atoms with van der Waals surface area (Å²) in [5.74, 6) is 0.135. The fraction of sp³-hybridized carbons (Fsp3) is 1.00. The Labute approximate surface area is 88.4 Å². The van der Waals surface area contributed by atoms with Crippen molar-refractivity contribution in [3.63, 3.8) is 0 Å². The van der Waals surface area contributed by atoms with Crippen LogP contribution in [0.15, 0.2) is 0 Å². The summed E-state index contributed by atoms with van der Waals surface area (Å²) in [6.07, 6.45) is 0. The number of methoxy groups -OCH3 is 1. The summed E-state index contributed by atoms with van der Waals surface area (Å²) < 4.78 is 28.8. The second kappa shape index (κ2) is 5.95. The smallest absolute Gasteiger partial charge is 0.213 e. The van der Waals surface area contributed by atoms with Crippen molar-refractivity contribution in [1.29, 1.82) is 0 Å². The van der Waals surface area contributed by atoms with Crippen molar-refractivity contribution < 1.29 is 13.2 Å². The average Bonchev–Trinajstić information content (AvgIpc) is 2.04. The Morgan fingerprint density at radius 2 is 2.08 bits per heavy atom. The van der Waals surface area contributed by atoms with Crippen molar-refractivity contribution in [2.45, 2.75) is 11.8 Å². The minimum atomic E-state index is -3.06. The third kappa shape index (κ3) is 4.95. The molecule has 0 rings (SSSR count). The molecular formula is C7H16BrNO3S. The van der Waals surface area contributed by atoms with E-state index in [0.29, 0.717) is 13.2 Å². The van der Waals surface area contributed by atoms with E-state index in [-0.39, 0.29) is 10.6 Å². The van der Waals surface area contributed by atoms with Crippen molar-refractivity contribution >= 4 is 26.0 Å². The number of alkyl halides is 1. The number of sulfonamides is 1. The molecular weight excluding hydrogens is 258 g/mol. The van der Waals surface area contributed by atoms with Gasteiger partial charge in [0, 0.05) is 20.7 Å². The first-order valence-corrected chi connectivity index (χ1v) is 6.53. The van der Waals surface area contributed by atoms with Crippen molar-refractivity contribution in [2.75, 3.05) is 33.1 Å². The number of nitrogens with zero attached hydrogens (tertiary/aromatic N) is 1. The summed E-state index contributed by atoms with van der Waals surface area (Å²) in [6.45, 7) is 2.57. The second-order valence-corrected chi connectivity index (χ2v) is 6.39. The van der Waals surface area contributed by atoms with Gasteiger partial charge in [-0.25, -0.2) is 12.7 Å². The van der Waals surface area contributed by atoms with Gasteiger partial charge in [-0.1, -0.05) is 15.9 Å². The van der Waals surface area contributed by atoms with E-state index in [9.17, 15) is 8.42 Å². The molecule has 0 bridgehead atoms. The van der Waals surface area contributed by atoms with Crippen molar-refractivity contribution in [3.05, 3.63) is 0 Å². The molecule has 0 N–H and O–H groups in total. The minimum Gasteiger partial charge on any atom is -0.383 e. The molecule has 0 radical (unpaired) electrons. The summed E-state index contributed by atoms with van der Waals surface area (Å²) >= 11 is 3.33. The highest BCUT2D eigenvalue weighted by molar-refractivity contribution is 9.09. The summed E-state index contributed by atoms with van der Waals surface area (Å²) in [5.41, 5.74) is 0. The van der Waals surface area contributed by atoms with Crippen LogP contribution >= 0.6 is 15.9 Å². The highest BCUT2D eigenvalue weighted by Gasteiger charge is 2.17. The zero-order chi connectivity index (χ0) is 10.5. The highest BCUT2D eigenvalue weighted by atomic mass is 79.9. The lowest BCUT2D eigenvalue weighted by Gasteiger charge is -2.18. The normalized spacial score (nSPS) is 14.8. The number of hydrogen-bond acceptors (Lipinski definition) is 3. The SMILES string of the molecule is CCS(=O)(=O)N(C)CC(Br)COC. The topological polar surface area (TPSA) is 46.6 Å². The van der Waals surface area contributed by atoms with Crippen LogP contribution in [0.2, 0.25) is 0 Å². The monoisotopic (exact) mass is 273 g/mol. The van der Waals surface area contributed by atoms with Gasteiger partial charge in [0.2, 0.25) is 10.0 Å². The number of ether oxygens (including phenoxy) is 1. The first-order valence-electron chi connectivity index (χ1n) is 4.01. The Kier molecular flexibility index (Phi) is 6.11. The van der Waals surface area contributed by atoms with Gasteiger partial charge in [-0.05, 0) is 6.92 Å². The Morgan fingerprint density at radius 1 is 1.54 bits per heavy atom. The molecule has 0 aromatic heterocycles. The molecule has 1 unspecified atom stereocenters. The van der Waals surface area contributed by atoms with Crippen LogP contribution in [-0.2, 0) is 14.8 Å². The predicted molar refractivity (Wildman–Crippen MR) is 56.7 cm³/mol. The first-order chi connectivity index (χ1) is 5.94. The zero-order valence-corrected chi connectivity index (χ0v) is 10.6.